The highest BCUT2D eigenvalue weighted by Gasteiger charge is 2.21. The van der Waals surface area contributed by atoms with Crippen LogP contribution in [0.25, 0.3) is 16.9 Å². The number of carbonyl (C=O) groups excluding carboxylic acids is 2. The molecule has 0 bridgehead atoms. The van der Waals surface area contributed by atoms with Crippen molar-refractivity contribution in [1.29, 1.82) is 0 Å². The lowest BCUT2D eigenvalue weighted by atomic mass is 10.1. The second-order valence-corrected chi connectivity index (χ2v) is 8.01. The van der Waals surface area contributed by atoms with Crippen LogP contribution < -0.4 is 20.1 Å². The molecule has 0 saturated heterocycles. The van der Waals surface area contributed by atoms with Crippen molar-refractivity contribution in [3.63, 3.8) is 0 Å². The number of benzene rings is 3. The van der Waals surface area contributed by atoms with Gasteiger partial charge in [-0.05, 0) is 29.8 Å². The first-order valence-corrected chi connectivity index (χ1v) is 11.6. The first kappa shape index (κ1) is 24.5. The summed E-state index contributed by atoms with van der Waals surface area (Å²) in [6.07, 6.45) is 1.84. The van der Waals surface area contributed by atoms with Gasteiger partial charge < -0.3 is 20.1 Å². The minimum absolute atomic E-state index is 0.142. The highest BCUT2D eigenvalue weighted by atomic mass is 16.5. The first-order chi connectivity index (χ1) is 17.6. The lowest BCUT2D eigenvalue weighted by Crippen LogP contribution is -2.30. The van der Waals surface area contributed by atoms with Gasteiger partial charge >= 0.3 is 0 Å². The summed E-state index contributed by atoms with van der Waals surface area (Å²) in [5.41, 5.74) is 3.31. The van der Waals surface area contributed by atoms with E-state index in [-0.39, 0.29) is 24.8 Å². The van der Waals surface area contributed by atoms with E-state index in [4.69, 9.17) is 14.6 Å². The number of nitrogens with zero attached hydrogens (tertiary/aromatic N) is 2. The van der Waals surface area contributed by atoms with Crippen molar-refractivity contribution in [3.05, 3.63) is 96.2 Å². The Kier molecular flexibility index (Phi) is 7.97. The van der Waals surface area contributed by atoms with Crippen LogP contribution in [0.2, 0.25) is 0 Å². The summed E-state index contributed by atoms with van der Waals surface area (Å²) in [4.78, 5) is 25.5. The van der Waals surface area contributed by atoms with Crippen molar-refractivity contribution in [2.45, 2.75) is 13.0 Å². The summed E-state index contributed by atoms with van der Waals surface area (Å²) in [5, 5.41) is 10.4. The predicted octanol–water partition coefficient (Wildman–Crippen LogP) is 3.99. The van der Waals surface area contributed by atoms with Crippen LogP contribution in [-0.2, 0) is 11.3 Å². The topological polar surface area (TPSA) is 94.5 Å². The Hall–Kier alpha value is -4.59. The number of aromatic nitrogens is 2. The van der Waals surface area contributed by atoms with Gasteiger partial charge in [-0.25, -0.2) is 4.68 Å². The lowest BCUT2D eigenvalue weighted by Gasteiger charge is -2.10. The number of hydrogen-bond donors (Lipinski definition) is 2. The fourth-order valence-electron chi connectivity index (χ4n) is 3.72. The molecule has 0 aliphatic rings. The van der Waals surface area contributed by atoms with Gasteiger partial charge in [-0.1, -0.05) is 48.5 Å². The van der Waals surface area contributed by atoms with Crippen molar-refractivity contribution in [2.24, 2.45) is 0 Å². The Balaban J connectivity index is 1.51. The van der Waals surface area contributed by atoms with E-state index in [1.807, 2.05) is 66.7 Å². The van der Waals surface area contributed by atoms with Crippen molar-refractivity contribution in [1.82, 2.24) is 20.4 Å². The van der Waals surface area contributed by atoms with Gasteiger partial charge in [0.25, 0.3) is 5.91 Å². The van der Waals surface area contributed by atoms with E-state index in [1.54, 1.807) is 37.2 Å². The first-order valence-electron chi connectivity index (χ1n) is 11.6. The maximum absolute atomic E-state index is 13.2. The van der Waals surface area contributed by atoms with Crippen LogP contribution in [0.15, 0.2) is 85.1 Å². The van der Waals surface area contributed by atoms with E-state index in [1.165, 1.54) is 0 Å². The molecule has 0 aliphatic carbocycles. The van der Waals surface area contributed by atoms with Crippen LogP contribution in [0.4, 0.5) is 0 Å². The number of ether oxygens (including phenoxy) is 2. The molecule has 4 aromatic rings. The summed E-state index contributed by atoms with van der Waals surface area (Å²) in [6, 6.07) is 24.5. The number of amides is 2. The molecule has 0 aliphatic heterocycles. The molecule has 0 saturated carbocycles. The van der Waals surface area contributed by atoms with Gasteiger partial charge in [0.2, 0.25) is 5.91 Å². The van der Waals surface area contributed by atoms with Crippen LogP contribution in [0.3, 0.4) is 0 Å². The molecule has 4 rings (SSSR count). The molecule has 1 aromatic heterocycles. The zero-order valence-corrected chi connectivity index (χ0v) is 20.2. The Morgan fingerprint density at radius 1 is 0.889 bits per heavy atom. The molecule has 2 N–H and O–H groups in total. The Morgan fingerprint density at radius 2 is 1.61 bits per heavy atom. The number of rotatable bonds is 10. The summed E-state index contributed by atoms with van der Waals surface area (Å²) < 4.78 is 12.5. The van der Waals surface area contributed by atoms with Crippen molar-refractivity contribution >= 4 is 11.8 Å². The minimum atomic E-state index is -0.332. The number of nitrogens with one attached hydrogen (secondary N) is 2. The van der Waals surface area contributed by atoms with Gasteiger partial charge in [0, 0.05) is 37.3 Å². The van der Waals surface area contributed by atoms with E-state index in [2.05, 4.69) is 10.6 Å². The smallest absolute Gasteiger partial charge is 0.255 e. The summed E-state index contributed by atoms with van der Waals surface area (Å²) in [7, 11) is 3.13. The molecular weight excluding hydrogens is 456 g/mol. The van der Waals surface area contributed by atoms with E-state index in [0.29, 0.717) is 34.9 Å². The summed E-state index contributed by atoms with van der Waals surface area (Å²) in [5.74, 6) is 0.685. The standard InChI is InChI=1S/C28H28N4O4/c1-35-22-13-14-23(25(17-22)36-2)27-24(19-32(31-27)21-11-7-4-8-12-21)28(34)29-16-15-26(33)30-18-20-9-5-3-6-10-20/h3-14,17,19H,15-16,18H2,1-2H3,(H,29,34)(H,30,33). The van der Waals surface area contributed by atoms with Crippen LogP contribution in [0, 0.1) is 0 Å². The molecule has 0 radical (unpaired) electrons. The molecule has 0 spiro atoms. The van der Waals surface area contributed by atoms with Crippen LogP contribution in [-0.4, -0.2) is 42.4 Å². The molecular formula is C28H28N4O4. The van der Waals surface area contributed by atoms with E-state index >= 15 is 0 Å². The molecule has 0 unspecified atom stereocenters. The maximum Gasteiger partial charge on any atom is 0.255 e. The quantitative estimate of drug-likeness (QED) is 0.355. The third-order valence-electron chi connectivity index (χ3n) is 5.61. The van der Waals surface area contributed by atoms with Crippen LogP contribution >= 0.6 is 0 Å². The average molecular weight is 485 g/mol. The van der Waals surface area contributed by atoms with Crippen molar-refractivity contribution < 1.29 is 19.1 Å². The lowest BCUT2D eigenvalue weighted by molar-refractivity contribution is -0.121. The summed E-state index contributed by atoms with van der Waals surface area (Å²) in [6.45, 7) is 0.633. The second-order valence-electron chi connectivity index (χ2n) is 8.01. The zero-order chi connectivity index (χ0) is 25.3. The molecule has 8 heteroatoms. The van der Waals surface area contributed by atoms with E-state index in [9.17, 15) is 9.59 Å². The Labute approximate surface area is 209 Å². The highest BCUT2D eigenvalue weighted by molar-refractivity contribution is 6.00. The van der Waals surface area contributed by atoms with E-state index in [0.717, 1.165) is 11.3 Å². The predicted molar refractivity (Wildman–Crippen MR) is 137 cm³/mol. The fourth-order valence-corrected chi connectivity index (χ4v) is 3.72. The van der Waals surface area contributed by atoms with E-state index < -0.39 is 0 Å². The number of carbonyl (C=O) groups is 2. The molecule has 0 atom stereocenters. The Bertz CT molecular complexity index is 1320. The fraction of sp³-hybridized carbons (Fsp3) is 0.179. The number of para-hydroxylation sites is 1. The zero-order valence-electron chi connectivity index (χ0n) is 20.2. The van der Waals surface area contributed by atoms with Gasteiger partial charge in [-0.3, -0.25) is 9.59 Å². The van der Waals surface area contributed by atoms with Crippen molar-refractivity contribution in [3.8, 4) is 28.4 Å². The number of methoxy groups -OCH3 is 2. The average Bonchev–Trinajstić information content (AvgIpc) is 3.38. The van der Waals surface area contributed by atoms with Gasteiger partial charge in [-0.2, -0.15) is 5.10 Å². The molecule has 0 fully saturated rings. The molecule has 36 heavy (non-hydrogen) atoms. The molecule has 1 heterocycles. The molecule has 3 aromatic carbocycles. The summed E-state index contributed by atoms with van der Waals surface area (Å²) >= 11 is 0. The molecule has 184 valence electrons. The third kappa shape index (κ3) is 5.90. The normalized spacial score (nSPS) is 10.5. The molecule has 8 nitrogen and oxygen atoms in total. The van der Waals surface area contributed by atoms with Gasteiger partial charge in [0.1, 0.15) is 17.2 Å². The van der Waals surface area contributed by atoms with Gasteiger partial charge in [0.05, 0.1) is 25.5 Å². The second kappa shape index (κ2) is 11.7. The SMILES string of the molecule is COc1ccc(-c2nn(-c3ccccc3)cc2C(=O)NCCC(=O)NCc2ccccc2)c(OC)c1. The maximum atomic E-state index is 13.2. The van der Waals surface area contributed by atoms with Gasteiger partial charge in [0.15, 0.2) is 0 Å². The molecule has 2 amide bonds. The van der Waals surface area contributed by atoms with Crippen LogP contribution in [0.5, 0.6) is 11.5 Å². The van der Waals surface area contributed by atoms with Crippen molar-refractivity contribution in [2.75, 3.05) is 20.8 Å². The van der Waals surface area contributed by atoms with Gasteiger partial charge in [-0.15, -0.1) is 0 Å². The highest BCUT2D eigenvalue weighted by Crippen LogP contribution is 2.34. The third-order valence-corrected chi connectivity index (χ3v) is 5.61. The monoisotopic (exact) mass is 484 g/mol. The number of hydrogen-bond acceptors (Lipinski definition) is 5. The minimum Gasteiger partial charge on any atom is -0.497 e. The van der Waals surface area contributed by atoms with Crippen LogP contribution in [0.1, 0.15) is 22.3 Å². The largest absolute Gasteiger partial charge is 0.497 e. The Morgan fingerprint density at radius 3 is 2.31 bits per heavy atom.